The van der Waals surface area contributed by atoms with Crippen LogP contribution in [0.1, 0.15) is 52.7 Å². The van der Waals surface area contributed by atoms with E-state index in [0.717, 1.165) is 5.69 Å². The van der Waals surface area contributed by atoms with E-state index in [4.69, 9.17) is 0 Å². The minimum atomic E-state index is -0.104. The van der Waals surface area contributed by atoms with E-state index in [-0.39, 0.29) is 10.8 Å². The van der Waals surface area contributed by atoms with E-state index in [1.165, 1.54) is 164 Å². The highest BCUT2D eigenvalue weighted by atomic mass is 15.0. The molecule has 15 aromatic carbocycles. The number of hydrogen-bond acceptors (Lipinski definition) is 0. The maximum absolute atomic E-state index is 2.64. The first kappa shape index (κ1) is 47.4. The van der Waals surface area contributed by atoms with Crippen molar-refractivity contribution in [2.75, 3.05) is 0 Å². The Kier molecular flexibility index (Phi) is 10.2. The third-order valence-corrected chi connectivity index (χ3v) is 17.8. The van der Waals surface area contributed by atoms with E-state index in [1.54, 1.807) is 0 Å². The number of rotatable bonds is 5. The number of hydrogen-bond donors (Lipinski definition) is 0. The van der Waals surface area contributed by atoms with Gasteiger partial charge in [0.1, 0.15) is 0 Å². The first-order chi connectivity index (χ1) is 39.5. The van der Waals surface area contributed by atoms with Gasteiger partial charge in [0.15, 0.2) is 0 Å². The number of benzene rings is 15. The number of aromatic nitrogens is 1. The highest BCUT2D eigenvalue weighted by molar-refractivity contribution is 6.37. The van der Waals surface area contributed by atoms with Crippen LogP contribution in [0.2, 0.25) is 0 Å². The Balaban J connectivity index is 1.04. The molecule has 81 heavy (non-hydrogen) atoms. The summed E-state index contributed by atoms with van der Waals surface area (Å²) in [5, 5.41) is 24.3. The highest BCUT2D eigenvalue weighted by Crippen LogP contribution is 2.54. The zero-order valence-corrected chi connectivity index (χ0v) is 46.6. The SMILES string of the molecule is CC(C)(C)c1c2ccccc2c(C(C)(C)C)c2cc(-c3cc4c5ccccc5c5c(c(-c6ccccc6)c(-c6ccccc6)n5-c5ccc(-c6ccc7ccc8cccc9ccc6c7c89)c6ccccc56)c4c4ccccc34)ccc12. The van der Waals surface area contributed by atoms with Crippen molar-refractivity contribution in [3.05, 3.63) is 260 Å². The second-order valence-corrected chi connectivity index (χ2v) is 24.7. The lowest BCUT2D eigenvalue weighted by Crippen LogP contribution is -2.17. The first-order valence-corrected chi connectivity index (χ1v) is 28.8. The molecular formula is C80H59N. The Morgan fingerprint density at radius 2 is 0.741 bits per heavy atom. The van der Waals surface area contributed by atoms with Crippen LogP contribution >= 0.6 is 0 Å². The average molecular weight is 1030 g/mol. The summed E-state index contributed by atoms with van der Waals surface area (Å²) in [6.07, 6.45) is 0. The summed E-state index contributed by atoms with van der Waals surface area (Å²) in [6, 6.07) is 94.3. The van der Waals surface area contributed by atoms with Crippen LogP contribution < -0.4 is 0 Å². The van der Waals surface area contributed by atoms with Gasteiger partial charge in [-0.1, -0.05) is 272 Å². The Labute approximate surface area is 472 Å². The standard InChI is InChI=1S/C80H59N/c1-79(2,3)75-62-33-18-19-34-63(62)76(80(4,5)6)68-46-53(40-43-64(68)75)66-47-67-56-30-15-20-35-65(56)78-74(73(67)60-32-17-14-29-55(60)66)72(48-22-9-7-10-23-48)77(52-24-11-8-12-25-52)81(78)69-45-44-57(54-28-13-16-31-59(54)69)58-41-38-51-37-36-49-26-21-27-50-39-42-61(58)71(51)70(49)50/h7-47H,1-6H3. The van der Waals surface area contributed by atoms with Crippen molar-refractivity contribution in [2.45, 2.75) is 52.4 Å². The molecule has 16 rings (SSSR count). The van der Waals surface area contributed by atoms with Gasteiger partial charge < -0.3 is 4.57 Å². The maximum Gasteiger partial charge on any atom is 0.0626 e. The molecule has 0 saturated heterocycles. The molecule has 1 nitrogen and oxygen atoms in total. The molecule has 1 heterocycles. The number of fused-ring (bicyclic) bond motifs is 11. The third-order valence-electron chi connectivity index (χ3n) is 17.8. The zero-order valence-electron chi connectivity index (χ0n) is 46.6. The molecule has 0 amide bonds. The largest absolute Gasteiger partial charge is 0.307 e. The van der Waals surface area contributed by atoms with Crippen LogP contribution in [0.4, 0.5) is 0 Å². The van der Waals surface area contributed by atoms with Crippen LogP contribution in [-0.2, 0) is 10.8 Å². The minimum Gasteiger partial charge on any atom is -0.307 e. The summed E-state index contributed by atoms with van der Waals surface area (Å²) in [5.41, 5.74) is 14.7. The minimum absolute atomic E-state index is 0.0690. The molecule has 0 aliphatic carbocycles. The van der Waals surface area contributed by atoms with Gasteiger partial charge >= 0.3 is 0 Å². The van der Waals surface area contributed by atoms with Crippen LogP contribution in [0.15, 0.2) is 249 Å². The Hall–Kier alpha value is -9.56. The van der Waals surface area contributed by atoms with Crippen molar-refractivity contribution < 1.29 is 0 Å². The van der Waals surface area contributed by atoms with Crippen molar-refractivity contribution in [3.63, 3.8) is 0 Å². The van der Waals surface area contributed by atoms with E-state index in [1.807, 2.05) is 0 Å². The fourth-order valence-electron chi connectivity index (χ4n) is 14.7. The fourth-order valence-corrected chi connectivity index (χ4v) is 14.7. The van der Waals surface area contributed by atoms with E-state index >= 15 is 0 Å². The molecule has 0 aliphatic rings. The van der Waals surface area contributed by atoms with Gasteiger partial charge in [0.25, 0.3) is 0 Å². The molecular weight excluding hydrogens is 975 g/mol. The van der Waals surface area contributed by atoms with Gasteiger partial charge in [0, 0.05) is 27.1 Å². The van der Waals surface area contributed by atoms with Crippen molar-refractivity contribution in [2.24, 2.45) is 0 Å². The Morgan fingerprint density at radius 3 is 1.41 bits per heavy atom. The lowest BCUT2D eigenvalue weighted by Gasteiger charge is -2.30. The molecule has 16 aromatic rings. The lowest BCUT2D eigenvalue weighted by atomic mass is 9.73. The van der Waals surface area contributed by atoms with Gasteiger partial charge in [-0.25, -0.2) is 0 Å². The molecule has 0 atom stereocenters. The fraction of sp³-hybridized carbons (Fsp3) is 0.100. The van der Waals surface area contributed by atoms with Crippen LogP contribution in [0.5, 0.6) is 0 Å². The van der Waals surface area contributed by atoms with Gasteiger partial charge in [-0.3, -0.25) is 0 Å². The maximum atomic E-state index is 2.64. The van der Waals surface area contributed by atoms with Crippen LogP contribution in [0, 0.1) is 0 Å². The van der Waals surface area contributed by atoms with Gasteiger partial charge in [-0.2, -0.15) is 0 Å². The summed E-state index contributed by atoms with van der Waals surface area (Å²) in [5.74, 6) is 0. The molecule has 0 unspecified atom stereocenters. The van der Waals surface area contributed by atoms with Gasteiger partial charge in [0.2, 0.25) is 0 Å². The second-order valence-electron chi connectivity index (χ2n) is 24.7. The van der Waals surface area contributed by atoms with Gasteiger partial charge in [-0.15, -0.1) is 0 Å². The molecule has 0 saturated carbocycles. The predicted molar refractivity (Wildman–Crippen MR) is 351 cm³/mol. The number of nitrogens with zero attached hydrogens (tertiary/aromatic N) is 1. The van der Waals surface area contributed by atoms with Crippen molar-refractivity contribution in [1.82, 2.24) is 4.57 Å². The normalized spacial score (nSPS) is 12.6. The Morgan fingerprint density at radius 1 is 0.259 bits per heavy atom. The third kappa shape index (κ3) is 6.98. The molecule has 0 radical (unpaired) electrons. The average Bonchev–Trinajstić information content (AvgIpc) is 3.58. The monoisotopic (exact) mass is 1030 g/mol. The van der Waals surface area contributed by atoms with E-state index < -0.39 is 0 Å². The smallest absolute Gasteiger partial charge is 0.0626 e. The van der Waals surface area contributed by atoms with Crippen LogP contribution in [0.25, 0.3) is 158 Å². The molecule has 0 bridgehead atoms. The van der Waals surface area contributed by atoms with Crippen LogP contribution in [0.3, 0.4) is 0 Å². The van der Waals surface area contributed by atoms with E-state index in [2.05, 4.69) is 295 Å². The summed E-state index contributed by atoms with van der Waals surface area (Å²) in [6.45, 7) is 14.3. The summed E-state index contributed by atoms with van der Waals surface area (Å²) < 4.78 is 2.64. The quantitative estimate of drug-likeness (QED) is 0.120. The summed E-state index contributed by atoms with van der Waals surface area (Å²) in [4.78, 5) is 0. The zero-order chi connectivity index (χ0) is 54.5. The van der Waals surface area contributed by atoms with Crippen molar-refractivity contribution >= 4 is 108 Å². The van der Waals surface area contributed by atoms with Crippen molar-refractivity contribution in [3.8, 4) is 50.3 Å². The predicted octanol–water partition coefficient (Wildman–Crippen LogP) is 22.7. The summed E-state index contributed by atoms with van der Waals surface area (Å²) in [7, 11) is 0. The molecule has 0 N–H and O–H groups in total. The molecule has 0 spiro atoms. The first-order valence-electron chi connectivity index (χ1n) is 28.8. The molecule has 1 aromatic heterocycles. The molecule has 1 heteroatoms. The molecule has 0 fully saturated rings. The van der Waals surface area contributed by atoms with Gasteiger partial charge in [-0.05, 0) is 154 Å². The van der Waals surface area contributed by atoms with Crippen molar-refractivity contribution in [1.29, 1.82) is 0 Å². The molecule has 384 valence electrons. The van der Waals surface area contributed by atoms with E-state index in [0.29, 0.717) is 0 Å². The lowest BCUT2D eigenvalue weighted by molar-refractivity contribution is 0.593. The second kappa shape index (κ2) is 17.5. The topological polar surface area (TPSA) is 4.93 Å². The Bertz CT molecular complexity index is 5260. The summed E-state index contributed by atoms with van der Waals surface area (Å²) >= 11 is 0. The van der Waals surface area contributed by atoms with E-state index in [9.17, 15) is 0 Å². The molecule has 0 aliphatic heterocycles. The highest BCUT2D eigenvalue weighted by Gasteiger charge is 2.31. The van der Waals surface area contributed by atoms with Gasteiger partial charge in [0.05, 0.1) is 16.9 Å². The van der Waals surface area contributed by atoms with Crippen LogP contribution in [-0.4, -0.2) is 4.57 Å².